The number of hydrogen-bond acceptors (Lipinski definition) is 6. The van der Waals surface area contributed by atoms with Crippen molar-refractivity contribution in [3.05, 3.63) is 0 Å². The zero-order valence-corrected chi connectivity index (χ0v) is 30.7. The summed E-state index contributed by atoms with van der Waals surface area (Å²) >= 11 is 2.26. The predicted octanol–water partition coefficient (Wildman–Crippen LogP) is 7.88. The molecular formula is C25H56IO6PSi3. The molecule has 0 radical (unpaired) electrons. The lowest BCUT2D eigenvalue weighted by molar-refractivity contribution is -0.221. The Bertz CT molecular complexity index is 571. The highest BCUT2D eigenvalue weighted by atomic mass is 127. The topological polar surface area (TPSA) is 66.4 Å². The Kier molecular flexibility index (Phi) is 17.2. The van der Waals surface area contributed by atoms with E-state index in [2.05, 4.69) is 84.4 Å². The summed E-state index contributed by atoms with van der Waals surface area (Å²) in [6, 6.07) is 9.52. The molecule has 2 unspecified atom stereocenters. The Hall–Kier alpha value is 1.57. The van der Waals surface area contributed by atoms with E-state index in [1.165, 1.54) is 0 Å². The molecule has 0 bridgehead atoms. The van der Waals surface area contributed by atoms with Crippen LogP contribution >= 0.6 is 28.5 Å². The molecule has 1 rings (SSSR count). The van der Waals surface area contributed by atoms with Gasteiger partial charge in [-0.15, -0.1) is 0 Å². The van der Waals surface area contributed by atoms with Crippen LogP contribution in [0.25, 0.3) is 0 Å². The average molecular weight is 695 g/mol. The van der Waals surface area contributed by atoms with E-state index >= 15 is 0 Å². The zero-order chi connectivity index (χ0) is 27.4. The van der Waals surface area contributed by atoms with Crippen molar-refractivity contribution in [3.63, 3.8) is 0 Å². The van der Waals surface area contributed by atoms with Crippen molar-refractivity contribution < 1.29 is 27.6 Å². The maximum absolute atomic E-state index is 10.6. The third-order valence-electron chi connectivity index (χ3n) is 9.17. The summed E-state index contributed by atoms with van der Waals surface area (Å²) in [6.07, 6.45) is -1.52. The highest BCUT2D eigenvalue weighted by Crippen LogP contribution is 2.39. The van der Waals surface area contributed by atoms with Gasteiger partial charge in [0, 0.05) is 0 Å². The van der Waals surface area contributed by atoms with Crippen molar-refractivity contribution in [2.75, 3.05) is 13.2 Å². The van der Waals surface area contributed by atoms with Crippen molar-refractivity contribution in [2.45, 2.75) is 147 Å². The SMILES string of the molecule is CC[Si](CC)(CC)O[C@@H]1[C@H](O[Si](CC)(CC)CC)[C@@H](O[Si](CC)(CC)CC)C(CO)O[C@@H]1COPI. The Morgan fingerprint density at radius 1 is 0.611 bits per heavy atom. The molecule has 36 heavy (non-hydrogen) atoms. The fourth-order valence-electron chi connectivity index (χ4n) is 5.67. The summed E-state index contributed by atoms with van der Waals surface area (Å²) in [6.45, 7) is 21.1. The van der Waals surface area contributed by atoms with Crippen LogP contribution in [-0.4, -0.2) is 73.8 Å². The standard InChI is InChI=1S/C25H56IO6PSi3/c1-10-34(11-2,12-3)30-23-21(19-27)29-22(20-28-33-26)24(31-35(13-4,14-5)15-6)25(23)32-36(16-7,17-8)18-9/h21-25,27,33H,10-20H2,1-9H3/t21?,22-,23+,24+,25-/m1/s1. The molecule has 0 saturated carbocycles. The van der Waals surface area contributed by atoms with Crippen LogP contribution in [-0.2, 0) is 22.5 Å². The minimum Gasteiger partial charge on any atom is -0.409 e. The molecule has 0 aromatic carbocycles. The fraction of sp³-hybridized carbons (Fsp3) is 1.00. The summed E-state index contributed by atoms with van der Waals surface area (Å²) < 4.78 is 34.3. The van der Waals surface area contributed by atoms with E-state index in [9.17, 15) is 5.11 Å². The van der Waals surface area contributed by atoms with Crippen LogP contribution < -0.4 is 0 Å². The first kappa shape index (κ1) is 35.6. The smallest absolute Gasteiger partial charge is 0.192 e. The van der Waals surface area contributed by atoms with E-state index in [0.29, 0.717) is 13.1 Å². The molecule has 0 aliphatic carbocycles. The van der Waals surface area contributed by atoms with E-state index in [-0.39, 0.29) is 31.0 Å². The minimum atomic E-state index is -2.01. The first-order valence-corrected chi connectivity index (χ1v) is 26.1. The van der Waals surface area contributed by atoms with Gasteiger partial charge in [0.15, 0.2) is 25.0 Å². The number of rotatable bonds is 19. The Balaban J connectivity index is 3.70. The fourth-order valence-corrected chi connectivity index (χ4v) is 15.0. The van der Waals surface area contributed by atoms with E-state index in [1.54, 1.807) is 0 Å². The molecule has 1 heterocycles. The van der Waals surface area contributed by atoms with Crippen LogP contribution in [0.15, 0.2) is 0 Å². The first-order chi connectivity index (χ1) is 17.2. The van der Waals surface area contributed by atoms with Gasteiger partial charge in [-0.25, -0.2) is 0 Å². The summed E-state index contributed by atoms with van der Waals surface area (Å²) in [5, 5.41) is 10.6. The van der Waals surface area contributed by atoms with Gasteiger partial charge in [-0.05, 0) is 76.4 Å². The monoisotopic (exact) mass is 694 g/mol. The molecule has 1 aliphatic heterocycles. The van der Waals surface area contributed by atoms with Gasteiger partial charge in [0.2, 0.25) is 0 Å². The molecule has 1 N–H and O–H groups in total. The Morgan fingerprint density at radius 3 is 1.25 bits per heavy atom. The van der Waals surface area contributed by atoms with E-state index < -0.39 is 31.1 Å². The first-order valence-electron chi connectivity index (χ1n) is 14.5. The van der Waals surface area contributed by atoms with Gasteiger partial charge in [0.05, 0.1) is 19.7 Å². The van der Waals surface area contributed by atoms with Gasteiger partial charge in [-0.2, -0.15) is 0 Å². The van der Waals surface area contributed by atoms with Gasteiger partial charge >= 0.3 is 0 Å². The molecule has 0 amide bonds. The second-order valence-corrected chi connectivity index (χ2v) is 26.2. The van der Waals surface area contributed by atoms with Crippen molar-refractivity contribution in [1.82, 2.24) is 0 Å². The number of halogens is 1. The van der Waals surface area contributed by atoms with E-state index in [4.69, 9.17) is 22.5 Å². The second-order valence-electron chi connectivity index (χ2n) is 10.3. The molecule has 6 atom stereocenters. The molecule has 1 saturated heterocycles. The molecule has 0 aromatic rings. The number of aliphatic hydroxyl groups excluding tert-OH is 1. The lowest BCUT2D eigenvalue weighted by atomic mass is 9.95. The summed E-state index contributed by atoms with van der Waals surface area (Å²) in [5.74, 6) is 0. The maximum Gasteiger partial charge on any atom is 0.192 e. The van der Waals surface area contributed by atoms with Crippen LogP contribution in [0.2, 0.25) is 54.4 Å². The number of aliphatic hydroxyl groups is 1. The third-order valence-corrected chi connectivity index (χ3v) is 24.3. The van der Waals surface area contributed by atoms with Crippen LogP contribution in [0, 0.1) is 0 Å². The van der Waals surface area contributed by atoms with Gasteiger partial charge in [-0.3, -0.25) is 0 Å². The van der Waals surface area contributed by atoms with Gasteiger partial charge in [-0.1, -0.05) is 62.3 Å². The largest absolute Gasteiger partial charge is 0.409 e. The van der Waals surface area contributed by atoms with Crippen molar-refractivity contribution in [3.8, 4) is 0 Å². The van der Waals surface area contributed by atoms with Crippen molar-refractivity contribution >= 4 is 53.4 Å². The average Bonchev–Trinajstić information content (AvgIpc) is 2.93. The van der Waals surface area contributed by atoms with Gasteiger partial charge in [0.25, 0.3) is 0 Å². The molecule has 0 spiro atoms. The molecule has 0 aromatic heterocycles. The lowest BCUT2D eigenvalue weighted by Crippen LogP contribution is -2.67. The van der Waals surface area contributed by atoms with E-state index in [1.807, 2.05) is 0 Å². The summed E-state index contributed by atoms with van der Waals surface area (Å²) in [4.78, 5) is 0. The molecular weight excluding hydrogens is 638 g/mol. The number of hydrogen-bond donors (Lipinski definition) is 1. The third kappa shape index (κ3) is 8.78. The summed E-state index contributed by atoms with van der Waals surface area (Å²) in [5.41, 5.74) is 0. The van der Waals surface area contributed by atoms with Crippen LogP contribution in [0.5, 0.6) is 0 Å². The zero-order valence-electron chi connectivity index (χ0n) is 24.5. The minimum absolute atomic E-state index is 0.0846. The van der Waals surface area contributed by atoms with Gasteiger partial charge < -0.3 is 27.6 Å². The summed E-state index contributed by atoms with van der Waals surface area (Å²) in [7, 11) is -6.00. The number of ether oxygens (including phenoxy) is 1. The quantitative estimate of drug-likeness (QED) is 0.0844. The molecule has 1 fully saturated rings. The second kappa shape index (κ2) is 17.4. The van der Waals surface area contributed by atoms with Crippen molar-refractivity contribution in [2.24, 2.45) is 0 Å². The van der Waals surface area contributed by atoms with E-state index in [0.717, 1.165) is 54.4 Å². The highest BCUT2D eigenvalue weighted by molar-refractivity contribution is 14.2. The molecule has 6 nitrogen and oxygen atoms in total. The highest BCUT2D eigenvalue weighted by Gasteiger charge is 2.54. The lowest BCUT2D eigenvalue weighted by Gasteiger charge is -2.52. The maximum atomic E-state index is 10.6. The Morgan fingerprint density at radius 2 is 0.944 bits per heavy atom. The van der Waals surface area contributed by atoms with Gasteiger partial charge in [0.1, 0.15) is 30.5 Å². The van der Waals surface area contributed by atoms with Crippen LogP contribution in [0.3, 0.4) is 0 Å². The predicted molar refractivity (Wildman–Crippen MR) is 170 cm³/mol. The van der Waals surface area contributed by atoms with Crippen LogP contribution in [0.1, 0.15) is 62.3 Å². The molecule has 1 aliphatic rings. The van der Waals surface area contributed by atoms with Crippen molar-refractivity contribution in [1.29, 1.82) is 0 Å². The molecule has 11 heteroatoms. The normalized spacial score (nSPS) is 26.2. The molecule has 216 valence electrons. The Labute approximate surface area is 240 Å². The van der Waals surface area contributed by atoms with Crippen LogP contribution in [0.4, 0.5) is 0 Å².